The highest BCUT2D eigenvalue weighted by atomic mass is 35.5. The van der Waals surface area contributed by atoms with E-state index in [2.05, 4.69) is 12.2 Å². The highest BCUT2D eigenvalue weighted by Crippen LogP contribution is 2.31. The highest BCUT2D eigenvalue weighted by molar-refractivity contribution is 6.39. The lowest BCUT2D eigenvalue weighted by Gasteiger charge is -2.12. The van der Waals surface area contributed by atoms with Crippen molar-refractivity contribution in [3.63, 3.8) is 0 Å². The van der Waals surface area contributed by atoms with E-state index in [0.29, 0.717) is 15.7 Å². The summed E-state index contributed by atoms with van der Waals surface area (Å²) in [4.78, 5) is 0. The van der Waals surface area contributed by atoms with E-state index in [0.717, 1.165) is 17.9 Å². The summed E-state index contributed by atoms with van der Waals surface area (Å²) >= 11 is 12.2. The van der Waals surface area contributed by atoms with Crippen LogP contribution in [0.2, 0.25) is 10.0 Å². The lowest BCUT2D eigenvalue weighted by Crippen LogP contribution is -1.99. The van der Waals surface area contributed by atoms with Gasteiger partial charge in [0.05, 0.1) is 28.6 Å². The summed E-state index contributed by atoms with van der Waals surface area (Å²) < 4.78 is 5.14. The molecule has 1 N–H and O–H groups in total. The first-order chi connectivity index (χ1) is 8.58. The fraction of sp³-hybridized carbons (Fsp3) is 0.286. The van der Waals surface area contributed by atoms with Crippen molar-refractivity contribution in [1.29, 1.82) is 0 Å². The van der Waals surface area contributed by atoms with Crippen LogP contribution in [0.15, 0.2) is 41.8 Å². The third-order valence-corrected chi connectivity index (χ3v) is 2.97. The van der Waals surface area contributed by atoms with Crippen molar-refractivity contribution in [2.24, 2.45) is 0 Å². The SMILES string of the molecule is CC/C=C(\C=C(/C)OC)Nc1c(Cl)cccc1Cl. The Morgan fingerprint density at radius 1 is 1.33 bits per heavy atom. The van der Waals surface area contributed by atoms with E-state index in [1.807, 2.05) is 25.1 Å². The number of allylic oxidation sites excluding steroid dienone is 3. The van der Waals surface area contributed by atoms with Gasteiger partial charge >= 0.3 is 0 Å². The van der Waals surface area contributed by atoms with Gasteiger partial charge in [-0.05, 0) is 31.6 Å². The lowest BCUT2D eigenvalue weighted by molar-refractivity contribution is 0.293. The fourth-order valence-corrected chi connectivity index (χ4v) is 1.90. The van der Waals surface area contributed by atoms with E-state index in [4.69, 9.17) is 27.9 Å². The summed E-state index contributed by atoms with van der Waals surface area (Å²) in [6, 6.07) is 5.41. The largest absolute Gasteiger partial charge is 0.501 e. The van der Waals surface area contributed by atoms with Crippen molar-refractivity contribution in [2.45, 2.75) is 20.3 Å². The first-order valence-electron chi connectivity index (χ1n) is 5.72. The molecule has 0 saturated carbocycles. The summed E-state index contributed by atoms with van der Waals surface area (Å²) in [6.45, 7) is 3.95. The summed E-state index contributed by atoms with van der Waals surface area (Å²) in [5.74, 6) is 0.811. The van der Waals surface area contributed by atoms with Crippen LogP contribution in [0.1, 0.15) is 20.3 Å². The maximum Gasteiger partial charge on any atom is 0.0945 e. The Hall–Kier alpha value is -1.12. The molecule has 2 nitrogen and oxygen atoms in total. The molecule has 0 heterocycles. The van der Waals surface area contributed by atoms with E-state index in [9.17, 15) is 0 Å². The zero-order chi connectivity index (χ0) is 13.5. The number of para-hydroxylation sites is 1. The second-order valence-electron chi connectivity index (χ2n) is 3.75. The van der Waals surface area contributed by atoms with Crippen molar-refractivity contribution >= 4 is 28.9 Å². The predicted octanol–water partition coefficient (Wildman–Crippen LogP) is 5.25. The minimum Gasteiger partial charge on any atom is -0.501 e. The molecule has 1 rings (SSSR count). The normalized spacial score (nSPS) is 12.5. The molecule has 0 bridgehead atoms. The number of ether oxygens (including phenoxy) is 1. The maximum absolute atomic E-state index is 6.12. The zero-order valence-corrected chi connectivity index (χ0v) is 12.3. The Morgan fingerprint density at radius 3 is 2.44 bits per heavy atom. The van der Waals surface area contributed by atoms with Gasteiger partial charge in [-0.3, -0.25) is 0 Å². The summed E-state index contributed by atoms with van der Waals surface area (Å²) in [7, 11) is 1.64. The molecule has 4 heteroatoms. The van der Waals surface area contributed by atoms with Crippen LogP contribution >= 0.6 is 23.2 Å². The van der Waals surface area contributed by atoms with Crippen LogP contribution in [0, 0.1) is 0 Å². The molecule has 0 saturated heterocycles. The Kier molecular flexibility index (Phi) is 6.10. The smallest absolute Gasteiger partial charge is 0.0945 e. The minimum absolute atomic E-state index is 0.591. The number of nitrogens with one attached hydrogen (secondary N) is 1. The van der Waals surface area contributed by atoms with Gasteiger partial charge < -0.3 is 10.1 Å². The molecular weight excluding hydrogens is 269 g/mol. The van der Waals surface area contributed by atoms with Gasteiger partial charge in [0.25, 0.3) is 0 Å². The van der Waals surface area contributed by atoms with E-state index in [1.54, 1.807) is 19.2 Å². The highest BCUT2D eigenvalue weighted by Gasteiger charge is 2.06. The average molecular weight is 286 g/mol. The molecule has 0 aliphatic heterocycles. The molecule has 98 valence electrons. The summed E-state index contributed by atoms with van der Waals surface area (Å²) in [5, 5.41) is 4.40. The molecule has 0 atom stereocenters. The summed E-state index contributed by atoms with van der Waals surface area (Å²) in [5.41, 5.74) is 1.62. The molecule has 0 fully saturated rings. The van der Waals surface area contributed by atoms with Crippen LogP contribution in [0.3, 0.4) is 0 Å². The van der Waals surface area contributed by atoms with Crippen molar-refractivity contribution in [2.75, 3.05) is 12.4 Å². The van der Waals surface area contributed by atoms with Crippen LogP contribution in [0.25, 0.3) is 0 Å². The van der Waals surface area contributed by atoms with Gasteiger partial charge in [-0.15, -0.1) is 0 Å². The van der Waals surface area contributed by atoms with Crippen molar-refractivity contribution in [3.8, 4) is 0 Å². The second kappa shape index (κ2) is 7.34. The molecular formula is C14H17Cl2NO. The van der Waals surface area contributed by atoms with Gasteiger partial charge in [-0.25, -0.2) is 0 Å². The van der Waals surface area contributed by atoms with Gasteiger partial charge in [0, 0.05) is 5.70 Å². The first kappa shape index (κ1) is 14.9. The fourth-order valence-electron chi connectivity index (χ4n) is 1.41. The van der Waals surface area contributed by atoms with Gasteiger partial charge in [0.1, 0.15) is 0 Å². The third kappa shape index (κ3) is 4.28. The number of hydrogen-bond donors (Lipinski definition) is 1. The lowest BCUT2D eigenvalue weighted by atomic mass is 10.2. The van der Waals surface area contributed by atoms with Crippen LogP contribution in [-0.4, -0.2) is 7.11 Å². The number of halogens is 2. The maximum atomic E-state index is 6.12. The number of rotatable bonds is 5. The Morgan fingerprint density at radius 2 is 1.94 bits per heavy atom. The van der Waals surface area contributed by atoms with Gasteiger partial charge in [-0.1, -0.05) is 42.3 Å². The second-order valence-corrected chi connectivity index (χ2v) is 4.56. The third-order valence-electron chi connectivity index (χ3n) is 2.34. The van der Waals surface area contributed by atoms with Gasteiger partial charge in [0.15, 0.2) is 0 Å². The van der Waals surface area contributed by atoms with Crippen LogP contribution < -0.4 is 5.32 Å². The molecule has 0 spiro atoms. The quantitative estimate of drug-likeness (QED) is 0.589. The van der Waals surface area contributed by atoms with Crippen molar-refractivity contribution < 1.29 is 4.74 Å². The molecule has 0 radical (unpaired) electrons. The first-order valence-corrected chi connectivity index (χ1v) is 6.47. The van der Waals surface area contributed by atoms with Crippen molar-refractivity contribution in [1.82, 2.24) is 0 Å². The molecule has 0 aromatic heterocycles. The molecule has 0 amide bonds. The number of methoxy groups -OCH3 is 1. The number of anilines is 1. The van der Waals surface area contributed by atoms with E-state index in [-0.39, 0.29) is 0 Å². The summed E-state index contributed by atoms with van der Waals surface area (Å²) in [6.07, 6.45) is 4.85. The van der Waals surface area contributed by atoms with Crippen LogP contribution in [-0.2, 0) is 4.74 Å². The molecule has 1 aromatic rings. The molecule has 0 aliphatic carbocycles. The van der Waals surface area contributed by atoms with E-state index in [1.165, 1.54) is 0 Å². The Labute approximate surface area is 118 Å². The topological polar surface area (TPSA) is 21.3 Å². The van der Waals surface area contributed by atoms with Crippen LogP contribution in [0.5, 0.6) is 0 Å². The van der Waals surface area contributed by atoms with Gasteiger partial charge in [-0.2, -0.15) is 0 Å². The monoisotopic (exact) mass is 285 g/mol. The van der Waals surface area contributed by atoms with E-state index >= 15 is 0 Å². The Bertz CT molecular complexity index is 447. The minimum atomic E-state index is 0.591. The van der Waals surface area contributed by atoms with Crippen molar-refractivity contribution in [3.05, 3.63) is 51.9 Å². The molecule has 18 heavy (non-hydrogen) atoms. The zero-order valence-electron chi connectivity index (χ0n) is 10.8. The average Bonchev–Trinajstić information content (AvgIpc) is 2.34. The standard InChI is InChI=1S/C14H17Cl2NO/c1-4-6-11(9-10(2)18-3)17-14-12(15)7-5-8-13(14)16/h5-9,17H,4H2,1-3H3/b10-9+,11-6+. The predicted molar refractivity (Wildman–Crippen MR) is 79.2 cm³/mol. The molecule has 1 aromatic carbocycles. The number of benzene rings is 1. The molecule has 0 unspecified atom stereocenters. The molecule has 0 aliphatic rings. The van der Waals surface area contributed by atoms with Gasteiger partial charge in [0.2, 0.25) is 0 Å². The Balaban J connectivity index is 3.02. The van der Waals surface area contributed by atoms with Crippen LogP contribution in [0.4, 0.5) is 5.69 Å². The van der Waals surface area contributed by atoms with E-state index < -0.39 is 0 Å². The number of hydrogen-bond acceptors (Lipinski definition) is 2.